The summed E-state index contributed by atoms with van der Waals surface area (Å²) >= 11 is 0. The fourth-order valence-corrected chi connectivity index (χ4v) is 4.78. The zero-order valence-electron chi connectivity index (χ0n) is 9.91. The number of piperidine rings is 1. The largest absolute Gasteiger partial charge is 0.506 e. The highest BCUT2D eigenvalue weighted by Crippen LogP contribution is 2.40. The van der Waals surface area contributed by atoms with Gasteiger partial charge in [-0.2, -0.15) is 4.31 Å². The van der Waals surface area contributed by atoms with Gasteiger partial charge in [0.1, 0.15) is 5.75 Å². The molecule has 2 fully saturated rings. The highest BCUT2D eigenvalue weighted by molar-refractivity contribution is 7.89. The van der Waals surface area contributed by atoms with Gasteiger partial charge in [0.2, 0.25) is 10.0 Å². The third-order valence-corrected chi connectivity index (χ3v) is 5.88. The molecular weight excluding hydrogens is 252 g/mol. The molecule has 18 heavy (non-hydrogen) atoms. The van der Waals surface area contributed by atoms with Gasteiger partial charge in [0.05, 0.1) is 10.6 Å². The molecule has 0 aromatic heterocycles. The first-order valence-electron chi connectivity index (χ1n) is 6.09. The van der Waals surface area contributed by atoms with E-state index in [1.165, 1.54) is 18.2 Å². The number of aromatic hydroxyl groups is 1. The fraction of sp³-hybridized carbons (Fsp3) is 0.500. The molecule has 1 aromatic carbocycles. The molecule has 0 amide bonds. The average Bonchev–Trinajstić information content (AvgIpc) is 2.94. The van der Waals surface area contributed by atoms with Crippen molar-refractivity contribution in [2.24, 2.45) is 5.92 Å². The van der Waals surface area contributed by atoms with Gasteiger partial charge >= 0.3 is 0 Å². The number of rotatable bonds is 2. The van der Waals surface area contributed by atoms with E-state index >= 15 is 0 Å². The molecular formula is C12H16N2O3S. The van der Waals surface area contributed by atoms with Crippen LogP contribution in [-0.4, -0.2) is 30.4 Å². The van der Waals surface area contributed by atoms with Crippen molar-refractivity contribution in [3.05, 3.63) is 18.2 Å². The Hall–Kier alpha value is -1.27. The highest BCUT2D eigenvalue weighted by Gasteiger charge is 2.44. The molecule has 1 aliphatic carbocycles. The van der Waals surface area contributed by atoms with E-state index in [-0.39, 0.29) is 22.4 Å². The predicted molar refractivity (Wildman–Crippen MR) is 67.5 cm³/mol. The first kappa shape index (κ1) is 11.8. The summed E-state index contributed by atoms with van der Waals surface area (Å²) in [6.45, 7) is 0.619. The third kappa shape index (κ3) is 1.67. The second-order valence-corrected chi connectivity index (χ2v) is 7.02. The minimum Gasteiger partial charge on any atom is -0.506 e. The van der Waals surface area contributed by atoms with Crippen LogP contribution >= 0.6 is 0 Å². The number of benzene rings is 1. The SMILES string of the molecule is Nc1cc(S(=O)(=O)N2CC3CCC2C3)ccc1O. The number of hydrogen-bond acceptors (Lipinski definition) is 4. The summed E-state index contributed by atoms with van der Waals surface area (Å²) in [6, 6.07) is 4.22. The quantitative estimate of drug-likeness (QED) is 0.622. The maximum atomic E-state index is 12.5. The summed E-state index contributed by atoms with van der Waals surface area (Å²) in [7, 11) is -3.47. The molecule has 2 bridgehead atoms. The van der Waals surface area contributed by atoms with Gasteiger partial charge in [-0.3, -0.25) is 0 Å². The Labute approximate surface area is 106 Å². The van der Waals surface area contributed by atoms with Gasteiger partial charge in [-0.15, -0.1) is 0 Å². The number of hydrogen-bond donors (Lipinski definition) is 2. The molecule has 1 aliphatic heterocycles. The van der Waals surface area contributed by atoms with E-state index in [1.54, 1.807) is 4.31 Å². The Morgan fingerprint density at radius 3 is 2.67 bits per heavy atom. The first-order chi connectivity index (χ1) is 8.48. The lowest BCUT2D eigenvalue weighted by Gasteiger charge is -2.26. The van der Waals surface area contributed by atoms with Gasteiger partial charge in [-0.05, 0) is 43.4 Å². The molecule has 3 rings (SSSR count). The summed E-state index contributed by atoms with van der Waals surface area (Å²) in [5.41, 5.74) is 5.66. The molecule has 98 valence electrons. The number of nitrogen functional groups attached to an aromatic ring is 1. The summed E-state index contributed by atoms with van der Waals surface area (Å²) in [5.74, 6) is 0.427. The van der Waals surface area contributed by atoms with E-state index in [0.29, 0.717) is 12.5 Å². The zero-order chi connectivity index (χ0) is 12.9. The molecule has 2 aliphatic rings. The molecule has 2 unspecified atom stereocenters. The topological polar surface area (TPSA) is 83.6 Å². The van der Waals surface area contributed by atoms with Crippen LogP contribution in [0.15, 0.2) is 23.1 Å². The Bertz CT molecular complexity index is 585. The van der Waals surface area contributed by atoms with Crippen molar-refractivity contribution in [2.45, 2.75) is 30.2 Å². The summed E-state index contributed by atoms with van der Waals surface area (Å²) in [5, 5.41) is 9.35. The van der Waals surface area contributed by atoms with E-state index in [1.807, 2.05) is 0 Å². The number of anilines is 1. The summed E-state index contributed by atoms with van der Waals surface area (Å²) in [4.78, 5) is 0.172. The van der Waals surface area contributed by atoms with Gasteiger partial charge in [0.25, 0.3) is 0 Å². The maximum Gasteiger partial charge on any atom is 0.243 e. The van der Waals surface area contributed by atoms with Gasteiger partial charge in [0.15, 0.2) is 0 Å². The van der Waals surface area contributed by atoms with Gasteiger partial charge in [-0.1, -0.05) is 0 Å². The molecule has 0 spiro atoms. The molecule has 1 saturated carbocycles. The van der Waals surface area contributed by atoms with Gasteiger partial charge in [0, 0.05) is 12.6 Å². The van der Waals surface area contributed by atoms with E-state index in [0.717, 1.165) is 19.3 Å². The monoisotopic (exact) mass is 268 g/mol. The minimum absolute atomic E-state index is 0.0862. The number of nitrogens with two attached hydrogens (primary N) is 1. The van der Waals surface area contributed by atoms with Crippen LogP contribution in [0.4, 0.5) is 5.69 Å². The van der Waals surface area contributed by atoms with Gasteiger partial charge < -0.3 is 10.8 Å². The van der Waals surface area contributed by atoms with Crippen molar-refractivity contribution in [2.75, 3.05) is 12.3 Å². The number of fused-ring (bicyclic) bond motifs is 2. The number of phenolic OH excluding ortho intramolecular Hbond substituents is 1. The molecule has 2 atom stereocenters. The molecule has 6 heteroatoms. The third-order valence-electron chi connectivity index (χ3n) is 3.96. The number of nitrogens with zero attached hydrogens (tertiary/aromatic N) is 1. The van der Waals surface area contributed by atoms with Crippen LogP contribution in [0, 0.1) is 5.92 Å². The highest BCUT2D eigenvalue weighted by atomic mass is 32.2. The van der Waals surface area contributed by atoms with Crippen molar-refractivity contribution >= 4 is 15.7 Å². The van der Waals surface area contributed by atoms with E-state index in [2.05, 4.69) is 0 Å². The number of phenols is 1. The minimum atomic E-state index is -3.47. The normalized spacial score (nSPS) is 27.8. The van der Waals surface area contributed by atoms with Crippen LogP contribution in [0.5, 0.6) is 5.75 Å². The molecule has 1 heterocycles. The van der Waals surface area contributed by atoms with Crippen molar-refractivity contribution in [1.29, 1.82) is 0 Å². The van der Waals surface area contributed by atoms with E-state index in [9.17, 15) is 13.5 Å². The molecule has 5 nitrogen and oxygen atoms in total. The van der Waals surface area contributed by atoms with Crippen LogP contribution in [-0.2, 0) is 10.0 Å². The summed E-state index contributed by atoms with van der Waals surface area (Å²) < 4.78 is 26.5. The van der Waals surface area contributed by atoms with Crippen molar-refractivity contribution in [3.63, 3.8) is 0 Å². The fourth-order valence-electron chi connectivity index (χ4n) is 3.00. The van der Waals surface area contributed by atoms with Crippen molar-refractivity contribution in [1.82, 2.24) is 4.31 Å². The lowest BCUT2D eigenvalue weighted by molar-refractivity contribution is 0.333. The Kier molecular flexibility index (Phi) is 2.53. The van der Waals surface area contributed by atoms with Crippen LogP contribution < -0.4 is 5.73 Å². The zero-order valence-corrected chi connectivity index (χ0v) is 10.7. The van der Waals surface area contributed by atoms with E-state index in [4.69, 9.17) is 5.73 Å². The van der Waals surface area contributed by atoms with Crippen LogP contribution in [0.1, 0.15) is 19.3 Å². The standard InChI is InChI=1S/C12H16N2O3S/c13-11-6-10(3-4-12(11)15)18(16,17)14-7-8-1-2-9(14)5-8/h3-4,6,8-9,15H,1-2,5,7,13H2. The smallest absolute Gasteiger partial charge is 0.243 e. The summed E-state index contributed by atoms with van der Waals surface area (Å²) in [6.07, 6.45) is 3.07. The van der Waals surface area contributed by atoms with Gasteiger partial charge in [-0.25, -0.2) is 8.42 Å². The Morgan fingerprint density at radius 2 is 2.11 bits per heavy atom. The van der Waals surface area contributed by atoms with Crippen LogP contribution in [0.25, 0.3) is 0 Å². The first-order valence-corrected chi connectivity index (χ1v) is 7.53. The Morgan fingerprint density at radius 1 is 1.33 bits per heavy atom. The average molecular weight is 268 g/mol. The lowest BCUT2D eigenvalue weighted by Crippen LogP contribution is -2.37. The second kappa shape index (κ2) is 3.86. The molecule has 3 N–H and O–H groups in total. The van der Waals surface area contributed by atoms with Crippen LogP contribution in [0.2, 0.25) is 0 Å². The van der Waals surface area contributed by atoms with Crippen LogP contribution in [0.3, 0.4) is 0 Å². The molecule has 1 saturated heterocycles. The number of sulfonamides is 1. The predicted octanol–water partition coefficient (Wildman–Crippen LogP) is 1.15. The van der Waals surface area contributed by atoms with Crippen molar-refractivity contribution in [3.8, 4) is 5.75 Å². The Balaban J connectivity index is 1.97. The van der Waals surface area contributed by atoms with Crippen molar-refractivity contribution < 1.29 is 13.5 Å². The maximum absolute atomic E-state index is 12.5. The second-order valence-electron chi connectivity index (χ2n) is 5.13. The molecule has 0 radical (unpaired) electrons. The lowest BCUT2D eigenvalue weighted by atomic mass is 10.1. The molecule has 1 aromatic rings. The van der Waals surface area contributed by atoms with E-state index < -0.39 is 10.0 Å².